The van der Waals surface area contributed by atoms with Crippen LogP contribution in [0.1, 0.15) is 0 Å². The van der Waals surface area contributed by atoms with Gasteiger partial charge in [-0.3, -0.25) is 0 Å². The summed E-state index contributed by atoms with van der Waals surface area (Å²) in [7, 11) is -3.88. The third-order valence-electron chi connectivity index (χ3n) is 1.94. The lowest BCUT2D eigenvalue weighted by Crippen LogP contribution is -2.15. The molecule has 5 nitrogen and oxygen atoms in total. The third kappa shape index (κ3) is 1.24. The minimum atomic E-state index is -3.88. The number of nitrogens with zero attached hydrogens (tertiary/aromatic N) is 1. The molecule has 0 unspecified atom stereocenters. The van der Waals surface area contributed by atoms with Gasteiger partial charge in [0.1, 0.15) is 0 Å². The Labute approximate surface area is 80.4 Å². The minimum Gasteiger partial charge on any atom is -0.427 e. The number of aromatic nitrogens is 1. The Balaban J connectivity index is 2.89. The fourth-order valence-electron chi connectivity index (χ4n) is 1.32. The fourth-order valence-corrected chi connectivity index (χ4v) is 1.95. The molecule has 74 valence electrons. The second-order valence-corrected chi connectivity index (χ2v) is 4.41. The Morgan fingerprint density at radius 1 is 1.29 bits per heavy atom. The predicted octanol–water partition coefficient (Wildman–Crippen LogP) is 0.526. The summed E-state index contributed by atoms with van der Waals surface area (Å²) < 4.78 is 22.6. The molecule has 0 spiro atoms. The van der Waals surface area contributed by atoms with Gasteiger partial charge in [0.05, 0.1) is 5.52 Å². The summed E-state index contributed by atoms with van der Waals surface area (Å²) in [6.07, 6.45) is 0. The van der Waals surface area contributed by atoms with Gasteiger partial charge >= 0.3 is 0 Å². The van der Waals surface area contributed by atoms with Crippen LogP contribution in [0.4, 0.5) is 0 Å². The number of sulfonamides is 1. The maximum absolute atomic E-state index is 11.0. The van der Waals surface area contributed by atoms with Crippen molar-refractivity contribution in [2.24, 2.45) is 5.14 Å². The molecule has 0 aliphatic heterocycles. The number of fused-ring (bicyclic) bond motifs is 1. The van der Waals surface area contributed by atoms with E-state index in [9.17, 15) is 13.6 Å². The van der Waals surface area contributed by atoms with Crippen molar-refractivity contribution >= 4 is 20.9 Å². The lowest BCUT2D eigenvalue weighted by Gasteiger charge is -1.98. The molecule has 0 bridgehead atoms. The highest BCUT2D eigenvalue weighted by Gasteiger charge is 2.16. The Hall–Kier alpha value is -1.53. The van der Waals surface area contributed by atoms with E-state index in [1.54, 1.807) is 24.3 Å². The maximum atomic E-state index is 11.0. The van der Waals surface area contributed by atoms with Crippen LogP contribution in [-0.2, 0) is 10.0 Å². The third-order valence-corrected chi connectivity index (χ3v) is 2.82. The lowest BCUT2D eigenvalue weighted by molar-refractivity contribution is 0.174. The number of hydrogen-bond acceptors (Lipinski definition) is 3. The van der Waals surface area contributed by atoms with Gasteiger partial charge in [0.15, 0.2) is 5.03 Å². The molecule has 0 radical (unpaired) electrons. The van der Waals surface area contributed by atoms with Crippen LogP contribution in [0.3, 0.4) is 0 Å². The van der Waals surface area contributed by atoms with Crippen molar-refractivity contribution in [3.8, 4) is 0 Å². The van der Waals surface area contributed by atoms with Gasteiger partial charge in [-0.15, -0.1) is 0 Å². The molecule has 0 saturated carbocycles. The molecule has 2 rings (SSSR count). The summed E-state index contributed by atoms with van der Waals surface area (Å²) in [5.41, 5.74) is 0.413. The van der Waals surface area contributed by atoms with Crippen molar-refractivity contribution in [3.05, 3.63) is 30.3 Å². The number of benzene rings is 1. The monoisotopic (exact) mass is 212 g/mol. The van der Waals surface area contributed by atoms with Crippen LogP contribution >= 0.6 is 0 Å². The molecule has 1 aromatic heterocycles. The Kier molecular flexibility index (Phi) is 1.76. The quantitative estimate of drug-likeness (QED) is 0.676. The first-order valence-corrected chi connectivity index (χ1v) is 5.37. The van der Waals surface area contributed by atoms with Crippen molar-refractivity contribution in [3.63, 3.8) is 0 Å². The van der Waals surface area contributed by atoms with Crippen molar-refractivity contribution in [2.45, 2.75) is 5.03 Å². The minimum absolute atomic E-state index is 0.307. The lowest BCUT2D eigenvalue weighted by atomic mass is 10.3. The molecule has 0 amide bonds. The van der Waals surface area contributed by atoms with E-state index in [4.69, 9.17) is 5.14 Å². The molecule has 0 fully saturated rings. The summed E-state index contributed by atoms with van der Waals surface area (Å²) in [6.45, 7) is 0. The van der Waals surface area contributed by atoms with E-state index in [2.05, 4.69) is 0 Å². The zero-order valence-electron chi connectivity index (χ0n) is 7.08. The number of nitrogens with two attached hydrogens (primary N) is 1. The first-order valence-electron chi connectivity index (χ1n) is 3.83. The zero-order valence-corrected chi connectivity index (χ0v) is 7.90. The topological polar surface area (TPSA) is 85.3 Å². The molecule has 0 aliphatic rings. The SMILES string of the molecule is NS(=O)(=O)c1cc2ccccc2n1O. The Bertz CT molecular complexity index is 586. The Morgan fingerprint density at radius 3 is 2.50 bits per heavy atom. The van der Waals surface area contributed by atoms with Gasteiger partial charge in [0, 0.05) is 5.39 Å². The van der Waals surface area contributed by atoms with Crippen molar-refractivity contribution in [1.29, 1.82) is 0 Å². The molecule has 2 aromatic rings. The van der Waals surface area contributed by atoms with Gasteiger partial charge in [0.25, 0.3) is 10.0 Å². The van der Waals surface area contributed by atoms with Crippen LogP contribution in [0.5, 0.6) is 0 Å². The van der Waals surface area contributed by atoms with E-state index in [0.29, 0.717) is 15.6 Å². The molecular formula is C8H8N2O3S. The maximum Gasteiger partial charge on any atom is 0.256 e. The second kappa shape index (κ2) is 2.73. The molecule has 6 heteroatoms. The Morgan fingerprint density at radius 2 is 1.93 bits per heavy atom. The van der Waals surface area contributed by atoms with Gasteiger partial charge in [-0.1, -0.05) is 18.2 Å². The van der Waals surface area contributed by atoms with Gasteiger partial charge in [-0.25, -0.2) is 13.6 Å². The molecule has 1 heterocycles. The average Bonchev–Trinajstić information content (AvgIpc) is 2.44. The van der Waals surface area contributed by atoms with Crippen molar-refractivity contribution < 1.29 is 13.6 Å². The van der Waals surface area contributed by atoms with Crippen LogP contribution in [0, 0.1) is 0 Å². The van der Waals surface area contributed by atoms with Crippen LogP contribution < -0.4 is 5.14 Å². The summed E-state index contributed by atoms with van der Waals surface area (Å²) in [4.78, 5) is 0. The molecule has 14 heavy (non-hydrogen) atoms. The second-order valence-electron chi connectivity index (χ2n) is 2.90. The molecule has 0 aliphatic carbocycles. The molecule has 1 aromatic carbocycles. The highest BCUT2D eigenvalue weighted by atomic mass is 32.2. The summed E-state index contributed by atoms with van der Waals surface area (Å²) in [6, 6.07) is 8.06. The van der Waals surface area contributed by atoms with E-state index in [-0.39, 0.29) is 5.03 Å². The summed E-state index contributed by atoms with van der Waals surface area (Å²) in [5, 5.41) is 14.7. The number of rotatable bonds is 1. The standard InChI is InChI=1S/C8H8N2O3S/c9-14(12,13)8-5-6-3-1-2-4-7(6)10(8)11/h1-5,11H,(H2,9,12,13). The molecular weight excluding hydrogens is 204 g/mol. The van der Waals surface area contributed by atoms with Gasteiger partial charge in [-0.2, -0.15) is 4.73 Å². The highest BCUT2D eigenvalue weighted by molar-refractivity contribution is 7.89. The van der Waals surface area contributed by atoms with E-state index in [1.165, 1.54) is 6.07 Å². The van der Waals surface area contributed by atoms with Crippen LogP contribution in [0.2, 0.25) is 0 Å². The van der Waals surface area contributed by atoms with Gasteiger partial charge in [-0.05, 0) is 12.1 Å². The number of hydrogen-bond donors (Lipinski definition) is 2. The largest absolute Gasteiger partial charge is 0.427 e. The fraction of sp³-hybridized carbons (Fsp3) is 0. The average molecular weight is 212 g/mol. The van der Waals surface area contributed by atoms with Crippen molar-refractivity contribution in [2.75, 3.05) is 0 Å². The van der Waals surface area contributed by atoms with Crippen molar-refractivity contribution in [1.82, 2.24) is 4.73 Å². The molecule has 0 saturated heterocycles. The van der Waals surface area contributed by atoms with E-state index in [0.717, 1.165) is 0 Å². The first-order chi connectivity index (χ1) is 6.50. The van der Waals surface area contributed by atoms with E-state index >= 15 is 0 Å². The summed E-state index contributed by atoms with van der Waals surface area (Å²) >= 11 is 0. The van der Waals surface area contributed by atoms with E-state index in [1.807, 2.05) is 0 Å². The predicted molar refractivity (Wildman–Crippen MR) is 50.5 cm³/mol. The van der Waals surface area contributed by atoms with Crippen LogP contribution in [0.15, 0.2) is 35.4 Å². The molecule has 3 N–H and O–H groups in total. The summed E-state index contributed by atoms with van der Waals surface area (Å²) in [5.74, 6) is 0. The van der Waals surface area contributed by atoms with Gasteiger partial charge in [0.2, 0.25) is 0 Å². The van der Waals surface area contributed by atoms with Crippen LogP contribution in [-0.4, -0.2) is 18.4 Å². The highest BCUT2D eigenvalue weighted by Crippen LogP contribution is 2.20. The first kappa shape index (κ1) is 9.04. The number of para-hydroxylation sites is 1. The zero-order chi connectivity index (χ0) is 10.3. The molecule has 0 atom stereocenters. The van der Waals surface area contributed by atoms with Crippen LogP contribution in [0.25, 0.3) is 10.9 Å². The smallest absolute Gasteiger partial charge is 0.256 e. The number of primary sulfonamides is 1. The van der Waals surface area contributed by atoms with E-state index < -0.39 is 10.0 Å². The van der Waals surface area contributed by atoms with Gasteiger partial charge < -0.3 is 5.21 Å². The normalized spacial score (nSPS) is 12.1.